The molecule has 4 atom stereocenters. The Balaban J connectivity index is 1.43. The van der Waals surface area contributed by atoms with Crippen LogP contribution in [0, 0.1) is 5.92 Å². The maximum Gasteiger partial charge on any atom is 0.332 e. The van der Waals surface area contributed by atoms with Gasteiger partial charge in [-0.15, -0.1) is 6.58 Å². The van der Waals surface area contributed by atoms with Gasteiger partial charge in [-0.1, -0.05) is 36.4 Å². The minimum absolute atomic E-state index is 0.0963. The molecule has 3 aromatic rings. The van der Waals surface area contributed by atoms with Gasteiger partial charge < -0.3 is 24.4 Å². The Bertz CT molecular complexity index is 1480. The summed E-state index contributed by atoms with van der Waals surface area (Å²) < 4.78 is 17.1. The van der Waals surface area contributed by atoms with Gasteiger partial charge >= 0.3 is 12.0 Å². The molecule has 0 bridgehead atoms. The third kappa shape index (κ3) is 5.40. The molecule has 2 fully saturated rings. The highest BCUT2D eigenvalue weighted by Gasteiger charge is 2.62. The monoisotopic (exact) mass is 559 g/mol. The first-order valence-electron chi connectivity index (χ1n) is 13.4. The summed E-state index contributed by atoms with van der Waals surface area (Å²) in [5.41, 5.74) is 3.19. The Labute approximate surface area is 237 Å². The van der Waals surface area contributed by atoms with Gasteiger partial charge in [0, 0.05) is 35.4 Å². The number of amides is 3. The maximum atomic E-state index is 13.5. The van der Waals surface area contributed by atoms with Gasteiger partial charge in [0.1, 0.15) is 29.2 Å². The van der Waals surface area contributed by atoms with Crippen LogP contribution < -0.4 is 26.1 Å². The number of hydrogen-bond acceptors (Lipinski definition) is 8. The van der Waals surface area contributed by atoms with Crippen molar-refractivity contribution >= 4 is 28.8 Å². The van der Waals surface area contributed by atoms with Crippen molar-refractivity contribution < 1.29 is 28.6 Å². The fourth-order valence-corrected chi connectivity index (χ4v) is 5.34. The number of carbonyl (C=O) groups excluding carboxylic acids is 3. The summed E-state index contributed by atoms with van der Waals surface area (Å²) in [5.74, 6) is 5.37. The number of likely N-dealkylation sites (tertiary alicyclic amines) is 1. The highest BCUT2D eigenvalue weighted by Crippen LogP contribution is 2.46. The van der Waals surface area contributed by atoms with Crippen molar-refractivity contribution in [1.29, 1.82) is 0 Å². The van der Waals surface area contributed by atoms with Crippen LogP contribution in [0.1, 0.15) is 19.8 Å². The molecule has 0 spiro atoms. The first-order chi connectivity index (χ1) is 19.8. The summed E-state index contributed by atoms with van der Waals surface area (Å²) in [4.78, 5) is 45.1. The SMILES string of the molecule is C=C[C@@H]1CC1(NC(=O)[C@@H]1C[C@@H](Oc2cc(-c3ccccc3)nc3cc(OC)ccc23)CN1C(=O)NN)C(=O)OCC. The molecule has 4 N–H and O–H groups in total. The number of benzene rings is 2. The number of hydrazine groups is 1. The van der Waals surface area contributed by atoms with Crippen LogP contribution in [0.3, 0.4) is 0 Å². The molecular formula is C30H33N5O6. The smallest absolute Gasteiger partial charge is 0.332 e. The van der Waals surface area contributed by atoms with E-state index in [1.807, 2.05) is 54.6 Å². The van der Waals surface area contributed by atoms with Crippen molar-refractivity contribution in [2.45, 2.75) is 37.5 Å². The van der Waals surface area contributed by atoms with E-state index in [-0.39, 0.29) is 25.5 Å². The van der Waals surface area contributed by atoms with Gasteiger partial charge in [-0.3, -0.25) is 10.2 Å². The van der Waals surface area contributed by atoms with Crippen LogP contribution in [0.2, 0.25) is 0 Å². The molecule has 2 aromatic carbocycles. The third-order valence-electron chi connectivity index (χ3n) is 7.58. The number of methoxy groups -OCH3 is 1. The Morgan fingerprint density at radius 1 is 1.20 bits per heavy atom. The fourth-order valence-electron chi connectivity index (χ4n) is 5.34. The Morgan fingerprint density at radius 3 is 2.63 bits per heavy atom. The van der Waals surface area contributed by atoms with E-state index in [2.05, 4.69) is 17.3 Å². The van der Waals surface area contributed by atoms with Crippen molar-refractivity contribution in [1.82, 2.24) is 20.6 Å². The highest BCUT2D eigenvalue weighted by molar-refractivity contribution is 5.95. The minimum Gasteiger partial charge on any atom is -0.497 e. The van der Waals surface area contributed by atoms with E-state index < -0.39 is 35.6 Å². The Hall–Kier alpha value is -4.64. The second kappa shape index (κ2) is 11.5. The minimum atomic E-state index is -1.19. The topological polar surface area (TPSA) is 145 Å². The lowest BCUT2D eigenvalue weighted by atomic mass is 10.1. The first kappa shape index (κ1) is 27.9. The predicted octanol–water partition coefficient (Wildman–Crippen LogP) is 2.94. The number of nitrogens with two attached hydrogens (primary N) is 1. The van der Waals surface area contributed by atoms with Crippen molar-refractivity contribution in [3.63, 3.8) is 0 Å². The van der Waals surface area contributed by atoms with Crippen LogP contribution in [0.4, 0.5) is 4.79 Å². The average molecular weight is 560 g/mol. The van der Waals surface area contributed by atoms with E-state index in [0.717, 1.165) is 10.9 Å². The summed E-state index contributed by atoms with van der Waals surface area (Å²) in [6.07, 6.45) is 1.63. The number of ether oxygens (including phenoxy) is 3. The summed E-state index contributed by atoms with van der Waals surface area (Å²) in [5, 5.41) is 3.59. The van der Waals surface area contributed by atoms with E-state index in [9.17, 15) is 14.4 Å². The number of carbonyl (C=O) groups is 3. The number of hydrogen-bond donors (Lipinski definition) is 3. The van der Waals surface area contributed by atoms with Gasteiger partial charge in [-0.2, -0.15) is 0 Å². The molecule has 3 amide bonds. The van der Waals surface area contributed by atoms with Crippen LogP contribution >= 0.6 is 0 Å². The zero-order valence-electron chi connectivity index (χ0n) is 23.0. The van der Waals surface area contributed by atoms with Crippen LogP contribution in [0.5, 0.6) is 11.5 Å². The van der Waals surface area contributed by atoms with Gasteiger partial charge in [0.05, 0.1) is 31.5 Å². The lowest BCUT2D eigenvalue weighted by Gasteiger charge is -2.25. The molecule has 1 saturated carbocycles. The maximum absolute atomic E-state index is 13.5. The van der Waals surface area contributed by atoms with Crippen LogP contribution in [-0.2, 0) is 14.3 Å². The fraction of sp³-hybridized carbons (Fsp3) is 0.333. The largest absolute Gasteiger partial charge is 0.497 e. The lowest BCUT2D eigenvalue weighted by molar-refractivity contribution is -0.149. The molecule has 0 radical (unpaired) electrons. The van der Waals surface area contributed by atoms with E-state index in [4.69, 9.17) is 25.0 Å². The number of rotatable bonds is 9. The number of nitrogens with one attached hydrogen (secondary N) is 2. The highest BCUT2D eigenvalue weighted by atomic mass is 16.5. The molecule has 214 valence electrons. The molecule has 2 aliphatic rings. The number of pyridine rings is 1. The number of esters is 1. The molecular weight excluding hydrogens is 526 g/mol. The van der Waals surface area contributed by atoms with Crippen LogP contribution in [0.25, 0.3) is 22.2 Å². The quantitative estimate of drug-likeness (QED) is 0.119. The van der Waals surface area contributed by atoms with Gasteiger partial charge in [0.15, 0.2) is 0 Å². The molecule has 5 rings (SSSR count). The molecule has 1 unspecified atom stereocenters. The molecule has 1 aliphatic carbocycles. The lowest BCUT2D eigenvalue weighted by Crippen LogP contribution is -2.55. The van der Waals surface area contributed by atoms with E-state index in [1.54, 1.807) is 20.1 Å². The summed E-state index contributed by atoms with van der Waals surface area (Å²) in [7, 11) is 1.59. The van der Waals surface area contributed by atoms with Crippen LogP contribution in [0.15, 0.2) is 67.3 Å². The average Bonchev–Trinajstić information content (AvgIpc) is 3.55. The van der Waals surface area contributed by atoms with Gasteiger partial charge in [0.25, 0.3) is 0 Å². The van der Waals surface area contributed by atoms with Crippen LogP contribution in [-0.4, -0.2) is 65.7 Å². The number of fused-ring (bicyclic) bond motifs is 1. The number of aromatic nitrogens is 1. The van der Waals surface area contributed by atoms with Gasteiger partial charge in [0.2, 0.25) is 5.91 Å². The van der Waals surface area contributed by atoms with E-state index in [0.29, 0.717) is 29.1 Å². The molecule has 2 heterocycles. The van der Waals surface area contributed by atoms with Gasteiger partial charge in [-0.05, 0) is 25.5 Å². The van der Waals surface area contributed by atoms with Crippen molar-refractivity contribution in [2.24, 2.45) is 11.8 Å². The van der Waals surface area contributed by atoms with E-state index in [1.165, 1.54) is 4.90 Å². The summed E-state index contributed by atoms with van der Waals surface area (Å²) in [6, 6.07) is 15.5. The van der Waals surface area contributed by atoms with Gasteiger partial charge in [-0.25, -0.2) is 20.4 Å². The Kier molecular flexibility index (Phi) is 7.80. The van der Waals surface area contributed by atoms with Crippen molar-refractivity contribution in [3.8, 4) is 22.8 Å². The zero-order valence-corrected chi connectivity index (χ0v) is 23.0. The second-order valence-corrected chi connectivity index (χ2v) is 10.1. The summed E-state index contributed by atoms with van der Waals surface area (Å²) in [6.45, 7) is 5.74. The van der Waals surface area contributed by atoms with Crippen molar-refractivity contribution in [2.75, 3.05) is 20.3 Å². The number of nitrogens with zero attached hydrogens (tertiary/aromatic N) is 2. The molecule has 41 heavy (non-hydrogen) atoms. The molecule has 1 aliphatic heterocycles. The number of urea groups is 1. The summed E-state index contributed by atoms with van der Waals surface area (Å²) >= 11 is 0. The Morgan fingerprint density at radius 2 is 1.98 bits per heavy atom. The standard InChI is InChI=1S/C30H33N5O6/c1-4-19-16-30(19,28(37)40-5-2)33-27(36)25-14-21(17-35(25)29(38)34-31)41-26-15-23(18-9-7-6-8-10-18)32-24-13-20(39-3)11-12-22(24)26/h4,6-13,15,19,21,25H,1,5,14,16-17,31H2,2-3H3,(H,33,36)(H,34,38)/t19-,21-,25+,30?/m1/s1. The normalized spacial score (nSPS) is 23.0. The predicted molar refractivity (Wildman–Crippen MR) is 152 cm³/mol. The van der Waals surface area contributed by atoms with Crippen molar-refractivity contribution in [3.05, 3.63) is 67.3 Å². The second-order valence-electron chi connectivity index (χ2n) is 10.1. The van der Waals surface area contributed by atoms with E-state index >= 15 is 0 Å². The third-order valence-corrected chi connectivity index (χ3v) is 7.58. The first-order valence-corrected chi connectivity index (χ1v) is 13.4. The zero-order chi connectivity index (χ0) is 29.1. The molecule has 1 saturated heterocycles. The molecule has 11 heteroatoms. The molecule has 11 nitrogen and oxygen atoms in total. The molecule has 1 aromatic heterocycles.